The molecule has 1 aromatic rings. The van der Waals surface area contributed by atoms with Gasteiger partial charge in [0, 0.05) is 12.3 Å². The first-order chi connectivity index (χ1) is 6.16. The Morgan fingerprint density at radius 2 is 2.31 bits per heavy atom. The van der Waals surface area contributed by atoms with Crippen molar-refractivity contribution in [2.75, 3.05) is 12.0 Å². The van der Waals surface area contributed by atoms with Crippen LogP contribution in [0.5, 0.6) is 0 Å². The van der Waals surface area contributed by atoms with Crippen LogP contribution in [0, 0.1) is 0 Å². The Morgan fingerprint density at radius 1 is 1.62 bits per heavy atom. The first kappa shape index (κ1) is 10.9. The average molecular weight is 239 g/mol. The van der Waals surface area contributed by atoms with Gasteiger partial charge in [-0.1, -0.05) is 23.2 Å². The quantitative estimate of drug-likeness (QED) is 0.756. The predicted octanol–water partition coefficient (Wildman–Crippen LogP) is 1.91. The van der Waals surface area contributed by atoms with Crippen LogP contribution in [0.1, 0.15) is 0 Å². The zero-order valence-electron chi connectivity index (χ0n) is 6.96. The number of hydrogen-bond acceptors (Lipinski definition) is 3. The van der Waals surface area contributed by atoms with Crippen molar-refractivity contribution in [2.45, 2.75) is 6.54 Å². The lowest BCUT2D eigenvalue weighted by Crippen LogP contribution is -2.22. The van der Waals surface area contributed by atoms with Gasteiger partial charge in [0.1, 0.15) is 5.02 Å². The number of halogens is 2. The maximum absolute atomic E-state index is 11.4. The molecule has 0 aliphatic rings. The van der Waals surface area contributed by atoms with E-state index in [1.807, 2.05) is 6.26 Å². The Balaban J connectivity index is 2.97. The molecular formula is C7H8Cl2N2OS. The highest BCUT2D eigenvalue weighted by atomic mass is 35.5. The van der Waals surface area contributed by atoms with Crippen molar-refractivity contribution in [3.8, 4) is 0 Å². The molecule has 0 aromatic carbocycles. The summed E-state index contributed by atoms with van der Waals surface area (Å²) in [4.78, 5) is 15.2. The van der Waals surface area contributed by atoms with Gasteiger partial charge in [-0.15, -0.1) is 0 Å². The van der Waals surface area contributed by atoms with Crippen LogP contribution in [0.4, 0.5) is 0 Å². The second-order valence-electron chi connectivity index (χ2n) is 2.34. The summed E-state index contributed by atoms with van der Waals surface area (Å²) in [6, 6.07) is 0. The lowest BCUT2D eigenvalue weighted by Gasteiger charge is -2.03. The first-order valence-electron chi connectivity index (χ1n) is 3.56. The standard InChI is InChI=1S/C7H8Cl2N2OS/c1-13-3-2-11-4-10-6(9)5(8)7(11)12/h4H,2-3H2,1H3. The molecule has 72 valence electrons. The fourth-order valence-electron chi connectivity index (χ4n) is 0.793. The van der Waals surface area contributed by atoms with E-state index in [2.05, 4.69) is 4.98 Å². The van der Waals surface area contributed by atoms with Crippen LogP contribution in [0.3, 0.4) is 0 Å². The van der Waals surface area contributed by atoms with E-state index in [9.17, 15) is 4.79 Å². The largest absolute Gasteiger partial charge is 0.297 e. The van der Waals surface area contributed by atoms with Gasteiger partial charge < -0.3 is 0 Å². The van der Waals surface area contributed by atoms with Gasteiger partial charge in [0.15, 0.2) is 5.15 Å². The van der Waals surface area contributed by atoms with Gasteiger partial charge in [0.2, 0.25) is 0 Å². The molecule has 0 bridgehead atoms. The zero-order chi connectivity index (χ0) is 9.84. The van der Waals surface area contributed by atoms with Crippen LogP contribution < -0.4 is 5.56 Å². The van der Waals surface area contributed by atoms with Gasteiger partial charge >= 0.3 is 0 Å². The molecule has 0 aliphatic heterocycles. The van der Waals surface area contributed by atoms with Crippen molar-refractivity contribution < 1.29 is 0 Å². The van der Waals surface area contributed by atoms with Crippen LogP contribution in [0.15, 0.2) is 11.1 Å². The molecule has 1 rings (SSSR count). The van der Waals surface area contributed by atoms with E-state index in [1.165, 1.54) is 10.9 Å². The number of aryl methyl sites for hydroxylation is 1. The summed E-state index contributed by atoms with van der Waals surface area (Å²) in [5.74, 6) is 0.847. The maximum Gasteiger partial charge on any atom is 0.273 e. The normalized spacial score (nSPS) is 10.4. The molecule has 6 heteroatoms. The molecule has 0 saturated heterocycles. The fourth-order valence-corrected chi connectivity index (χ4v) is 1.45. The van der Waals surface area contributed by atoms with Gasteiger partial charge in [-0.3, -0.25) is 9.36 Å². The van der Waals surface area contributed by atoms with Crippen molar-refractivity contribution in [3.63, 3.8) is 0 Å². The number of nitrogens with zero attached hydrogens (tertiary/aromatic N) is 2. The minimum atomic E-state index is -0.282. The van der Waals surface area contributed by atoms with Crippen LogP contribution in [-0.4, -0.2) is 21.6 Å². The topological polar surface area (TPSA) is 34.9 Å². The van der Waals surface area contributed by atoms with Crippen molar-refractivity contribution >= 4 is 35.0 Å². The summed E-state index contributed by atoms with van der Waals surface area (Å²) in [5, 5.41) is 0.0531. The maximum atomic E-state index is 11.4. The van der Waals surface area contributed by atoms with Gasteiger partial charge in [0.05, 0.1) is 6.33 Å². The molecule has 0 amide bonds. The molecule has 0 unspecified atom stereocenters. The molecule has 0 fully saturated rings. The highest BCUT2D eigenvalue weighted by Gasteiger charge is 2.06. The Hall–Kier alpha value is -0.190. The van der Waals surface area contributed by atoms with E-state index in [0.29, 0.717) is 6.54 Å². The predicted molar refractivity (Wildman–Crippen MR) is 56.9 cm³/mol. The molecule has 13 heavy (non-hydrogen) atoms. The highest BCUT2D eigenvalue weighted by Crippen LogP contribution is 2.12. The van der Waals surface area contributed by atoms with Crippen LogP contribution in [-0.2, 0) is 6.54 Å². The van der Waals surface area contributed by atoms with Gasteiger partial charge in [-0.05, 0) is 6.26 Å². The van der Waals surface area contributed by atoms with E-state index in [-0.39, 0.29) is 15.7 Å². The summed E-state index contributed by atoms with van der Waals surface area (Å²) < 4.78 is 1.45. The summed E-state index contributed by atoms with van der Waals surface area (Å²) in [6.45, 7) is 0.601. The third kappa shape index (κ3) is 2.62. The molecule has 1 heterocycles. The Labute approximate surface area is 90.1 Å². The highest BCUT2D eigenvalue weighted by molar-refractivity contribution is 7.98. The Morgan fingerprint density at radius 3 is 2.92 bits per heavy atom. The minimum absolute atomic E-state index is 0.00901. The van der Waals surface area contributed by atoms with Gasteiger partial charge in [-0.2, -0.15) is 11.8 Å². The monoisotopic (exact) mass is 238 g/mol. The third-order valence-corrected chi connectivity index (χ3v) is 2.79. The van der Waals surface area contributed by atoms with Crippen molar-refractivity contribution in [1.29, 1.82) is 0 Å². The molecule has 0 aliphatic carbocycles. The average Bonchev–Trinajstić information content (AvgIpc) is 2.13. The van der Waals surface area contributed by atoms with E-state index in [0.717, 1.165) is 5.75 Å². The zero-order valence-corrected chi connectivity index (χ0v) is 9.29. The Kier molecular flexibility index (Phi) is 4.09. The van der Waals surface area contributed by atoms with E-state index in [1.54, 1.807) is 11.8 Å². The van der Waals surface area contributed by atoms with Crippen LogP contribution >= 0.6 is 35.0 Å². The lowest BCUT2D eigenvalue weighted by atomic mass is 10.6. The van der Waals surface area contributed by atoms with E-state index >= 15 is 0 Å². The molecular weight excluding hydrogens is 231 g/mol. The van der Waals surface area contributed by atoms with Crippen molar-refractivity contribution in [1.82, 2.24) is 9.55 Å². The Bertz CT molecular complexity index is 353. The number of thioether (sulfide) groups is 1. The number of rotatable bonds is 3. The molecule has 0 atom stereocenters. The summed E-state index contributed by atoms with van der Waals surface area (Å²) in [5.41, 5.74) is -0.282. The van der Waals surface area contributed by atoms with Gasteiger partial charge in [-0.25, -0.2) is 4.98 Å². The first-order valence-corrected chi connectivity index (χ1v) is 5.71. The molecule has 0 radical (unpaired) electrons. The number of hydrogen-bond donors (Lipinski definition) is 0. The molecule has 0 saturated carbocycles. The summed E-state index contributed by atoms with van der Waals surface area (Å²) in [7, 11) is 0. The fraction of sp³-hybridized carbons (Fsp3) is 0.429. The second-order valence-corrected chi connectivity index (χ2v) is 4.06. The van der Waals surface area contributed by atoms with Crippen molar-refractivity contribution in [3.05, 3.63) is 26.9 Å². The number of aromatic nitrogens is 2. The van der Waals surface area contributed by atoms with E-state index in [4.69, 9.17) is 23.2 Å². The molecule has 3 nitrogen and oxygen atoms in total. The SMILES string of the molecule is CSCCn1cnc(Cl)c(Cl)c1=O. The summed E-state index contributed by atoms with van der Waals surface area (Å²) in [6.07, 6.45) is 3.38. The smallest absolute Gasteiger partial charge is 0.273 e. The molecule has 0 N–H and O–H groups in total. The van der Waals surface area contributed by atoms with Crippen LogP contribution in [0.25, 0.3) is 0 Å². The molecule has 1 aromatic heterocycles. The van der Waals surface area contributed by atoms with E-state index < -0.39 is 0 Å². The van der Waals surface area contributed by atoms with Gasteiger partial charge in [0.25, 0.3) is 5.56 Å². The summed E-state index contributed by atoms with van der Waals surface area (Å²) >= 11 is 12.8. The van der Waals surface area contributed by atoms with Crippen LogP contribution in [0.2, 0.25) is 10.2 Å². The lowest BCUT2D eigenvalue weighted by molar-refractivity contribution is 0.715. The third-order valence-electron chi connectivity index (χ3n) is 1.48. The van der Waals surface area contributed by atoms with Crippen molar-refractivity contribution in [2.24, 2.45) is 0 Å². The minimum Gasteiger partial charge on any atom is -0.297 e. The second kappa shape index (κ2) is 4.88. The molecule has 0 spiro atoms.